The molecule has 6 heteroatoms. The number of aromatic nitrogens is 1. The molecular formula is C26H27N3O3. The molecule has 2 aliphatic rings. The van der Waals surface area contributed by atoms with Crippen LogP contribution in [0.3, 0.4) is 0 Å². The first-order valence-corrected chi connectivity index (χ1v) is 11.3. The highest BCUT2D eigenvalue weighted by Gasteiger charge is 2.28. The van der Waals surface area contributed by atoms with Crippen LogP contribution in [-0.2, 0) is 4.74 Å². The molecule has 0 unspecified atom stereocenters. The van der Waals surface area contributed by atoms with Crippen molar-refractivity contribution < 1.29 is 14.3 Å². The summed E-state index contributed by atoms with van der Waals surface area (Å²) in [6.07, 6.45) is 4.47. The van der Waals surface area contributed by atoms with Crippen LogP contribution in [-0.4, -0.2) is 48.8 Å². The van der Waals surface area contributed by atoms with Crippen molar-refractivity contribution in [1.29, 1.82) is 5.26 Å². The maximum atomic E-state index is 12.6. The van der Waals surface area contributed by atoms with Crippen molar-refractivity contribution in [3.05, 3.63) is 53.6 Å². The van der Waals surface area contributed by atoms with Crippen molar-refractivity contribution in [3.63, 3.8) is 0 Å². The highest BCUT2D eigenvalue weighted by molar-refractivity contribution is 5.97. The first kappa shape index (κ1) is 20.6. The fraction of sp³-hybridized carbons (Fsp3) is 0.385. The van der Waals surface area contributed by atoms with Crippen LogP contribution < -0.4 is 4.74 Å². The summed E-state index contributed by atoms with van der Waals surface area (Å²) >= 11 is 0. The minimum absolute atomic E-state index is 0.0840. The third-order valence-electron chi connectivity index (χ3n) is 6.63. The Bertz CT molecular complexity index is 1180. The standard InChI is InChI=1S/C26H27N3O3/c1-31-14-15-32-21-10-11-22-23(17-27)25(29(24(22)16-21)20-4-2-5-20)18-6-8-19(9-7-18)26(30)28-12-3-13-28/h6-11,16,20H,2-5,12-15H2,1H3. The molecule has 5 rings (SSSR count). The molecular weight excluding hydrogens is 402 g/mol. The van der Waals surface area contributed by atoms with Crippen LogP contribution in [0.1, 0.15) is 47.6 Å². The van der Waals surface area contributed by atoms with Gasteiger partial charge in [0, 0.05) is 43.3 Å². The van der Waals surface area contributed by atoms with E-state index in [0.717, 1.165) is 60.3 Å². The predicted octanol–water partition coefficient (Wildman–Crippen LogP) is 4.78. The number of fused-ring (bicyclic) bond motifs is 1. The number of hydrogen-bond acceptors (Lipinski definition) is 4. The lowest BCUT2D eigenvalue weighted by atomic mass is 9.92. The van der Waals surface area contributed by atoms with E-state index in [9.17, 15) is 10.1 Å². The summed E-state index contributed by atoms with van der Waals surface area (Å²) in [5.41, 5.74) is 4.30. The zero-order valence-electron chi connectivity index (χ0n) is 18.3. The minimum Gasteiger partial charge on any atom is -0.491 e. The Morgan fingerprint density at radius 1 is 1.09 bits per heavy atom. The number of rotatable bonds is 7. The smallest absolute Gasteiger partial charge is 0.253 e. The molecule has 1 aromatic heterocycles. The summed E-state index contributed by atoms with van der Waals surface area (Å²) in [7, 11) is 1.65. The molecule has 0 N–H and O–H groups in total. The zero-order valence-corrected chi connectivity index (χ0v) is 18.3. The maximum absolute atomic E-state index is 12.6. The van der Waals surface area contributed by atoms with E-state index < -0.39 is 0 Å². The van der Waals surface area contributed by atoms with E-state index in [1.54, 1.807) is 7.11 Å². The van der Waals surface area contributed by atoms with Gasteiger partial charge >= 0.3 is 0 Å². The van der Waals surface area contributed by atoms with Crippen LogP contribution in [0.25, 0.3) is 22.2 Å². The number of benzene rings is 2. The van der Waals surface area contributed by atoms with Gasteiger partial charge in [-0.1, -0.05) is 12.1 Å². The Hall–Kier alpha value is -3.30. The fourth-order valence-corrected chi connectivity index (χ4v) is 4.52. The number of likely N-dealkylation sites (tertiary alicyclic amines) is 1. The lowest BCUT2D eigenvalue weighted by Crippen LogP contribution is -2.41. The number of ether oxygens (including phenoxy) is 2. The van der Waals surface area contributed by atoms with E-state index in [1.807, 2.05) is 47.4 Å². The summed E-state index contributed by atoms with van der Waals surface area (Å²) in [5, 5.41) is 11.0. The lowest BCUT2D eigenvalue weighted by Gasteiger charge is -2.31. The van der Waals surface area contributed by atoms with E-state index in [1.165, 1.54) is 6.42 Å². The second kappa shape index (κ2) is 8.68. The molecule has 1 saturated heterocycles. The fourth-order valence-electron chi connectivity index (χ4n) is 4.52. The monoisotopic (exact) mass is 429 g/mol. The van der Waals surface area contributed by atoms with Crippen molar-refractivity contribution in [3.8, 4) is 23.1 Å². The average molecular weight is 430 g/mol. The summed E-state index contributed by atoms with van der Waals surface area (Å²) in [5.74, 6) is 0.861. The summed E-state index contributed by atoms with van der Waals surface area (Å²) in [6.45, 7) is 2.68. The number of nitriles is 1. The Kier molecular flexibility index (Phi) is 5.59. The normalized spacial score (nSPS) is 15.8. The molecule has 0 bridgehead atoms. The molecule has 0 radical (unpaired) electrons. The number of carbonyl (C=O) groups excluding carboxylic acids is 1. The Morgan fingerprint density at radius 3 is 2.47 bits per heavy atom. The van der Waals surface area contributed by atoms with E-state index in [2.05, 4.69) is 10.6 Å². The highest BCUT2D eigenvalue weighted by atomic mass is 16.5. The molecule has 164 valence electrons. The predicted molar refractivity (Wildman–Crippen MR) is 123 cm³/mol. The first-order chi connectivity index (χ1) is 15.7. The summed E-state index contributed by atoms with van der Waals surface area (Å²) < 4.78 is 13.2. The minimum atomic E-state index is 0.0840. The molecule has 1 aliphatic heterocycles. The quantitative estimate of drug-likeness (QED) is 0.507. The molecule has 3 aromatic rings. The third-order valence-corrected chi connectivity index (χ3v) is 6.63. The summed E-state index contributed by atoms with van der Waals surface area (Å²) in [6, 6.07) is 16.5. The van der Waals surface area contributed by atoms with Crippen LogP contribution in [0.2, 0.25) is 0 Å². The van der Waals surface area contributed by atoms with E-state index in [-0.39, 0.29) is 5.91 Å². The molecule has 0 spiro atoms. The average Bonchev–Trinajstić information content (AvgIpc) is 3.05. The Balaban J connectivity index is 1.58. The van der Waals surface area contributed by atoms with Crippen molar-refractivity contribution in [2.45, 2.75) is 31.7 Å². The van der Waals surface area contributed by atoms with Crippen LogP contribution in [0.15, 0.2) is 42.5 Å². The van der Waals surface area contributed by atoms with Gasteiger partial charge in [0.1, 0.15) is 18.4 Å². The third kappa shape index (κ3) is 3.53. The second-order valence-electron chi connectivity index (χ2n) is 8.53. The van der Waals surface area contributed by atoms with Crippen molar-refractivity contribution >= 4 is 16.8 Å². The molecule has 2 heterocycles. The van der Waals surface area contributed by atoms with Gasteiger partial charge in [0.05, 0.1) is 23.4 Å². The van der Waals surface area contributed by atoms with Crippen molar-refractivity contribution in [2.24, 2.45) is 0 Å². The van der Waals surface area contributed by atoms with Gasteiger partial charge in [0.2, 0.25) is 0 Å². The molecule has 1 amide bonds. The second-order valence-corrected chi connectivity index (χ2v) is 8.53. The van der Waals surface area contributed by atoms with E-state index in [4.69, 9.17) is 9.47 Å². The molecule has 2 aromatic carbocycles. The number of amides is 1. The van der Waals surface area contributed by atoms with Crippen LogP contribution in [0.4, 0.5) is 0 Å². The van der Waals surface area contributed by atoms with Gasteiger partial charge < -0.3 is 18.9 Å². The molecule has 1 saturated carbocycles. The van der Waals surface area contributed by atoms with E-state index in [0.29, 0.717) is 30.4 Å². The SMILES string of the molecule is COCCOc1ccc2c(C#N)c(-c3ccc(C(=O)N4CCC4)cc3)n(C3CCC3)c2c1. The lowest BCUT2D eigenvalue weighted by molar-refractivity contribution is 0.0652. The zero-order chi connectivity index (χ0) is 22.1. The van der Waals surface area contributed by atoms with Gasteiger partial charge in [0.25, 0.3) is 5.91 Å². The number of hydrogen-bond donors (Lipinski definition) is 0. The molecule has 0 atom stereocenters. The highest BCUT2D eigenvalue weighted by Crippen LogP contribution is 2.43. The van der Waals surface area contributed by atoms with Gasteiger partial charge in [0.15, 0.2) is 0 Å². The van der Waals surface area contributed by atoms with Crippen LogP contribution in [0.5, 0.6) is 5.75 Å². The molecule has 2 fully saturated rings. The van der Waals surface area contributed by atoms with Crippen LogP contribution >= 0.6 is 0 Å². The van der Waals surface area contributed by atoms with Crippen molar-refractivity contribution in [2.75, 3.05) is 33.4 Å². The number of carbonyl (C=O) groups is 1. The Labute approximate surface area is 187 Å². The van der Waals surface area contributed by atoms with Gasteiger partial charge in [-0.15, -0.1) is 0 Å². The molecule has 32 heavy (non-hydrogen) atoms. The largest absolute Gasteiger partial charge is 0.491 e. The Morgan fingerprint density at radius 2 is 1.88 bits per heavy atom. The van der Waals surface area contributed by atoms with Crippen molar-refractivity contribution in [1.82, 2.24) is 9.47 Å². The molecule has 6 nitrogen and oxygen atoms in total. The van der Waals surface area contributed by atoms with Gasteiger partial charge in [-0.3, -0.25) is 4.79 Å². The first-order valence-electron chi connectivity index (χ1n) is 11.3. The van der Waals surface area contributed by atoms with Gasteiger partial charge in [-0.05, 0) is 55.5 Å². The van der Waals surface area contributed by atoms with Crippen LogP contribution in [0, 0.1) is 11.3 Å². The number of methoxy groups -OCH3 is 1. The number of nitrogens with zero attached hydrogens (tertiary/aromatic N) is 3. The maximum Gasteiger partial charge on any atom is 0.253 e. The molecule has 1 aliphatic carbocycles. The van der Waals surface area contributed by atoms with E-state index >= 15 is 0 Å². The summed E-state index contributed by atoms with van der Waals surface area (Å²) in [4.78, 5) is 14.4. The topological polar surface area (TPSA) is 67.5 Å². The van der Waals surface area contributed by atoms with Gasteiger partial charge in [-0.2, -0.15) is 5.26 Å². The van der Waals surface area contributed by atoms with Gasteiger partial charge in [-0.25, -0.2) is 0 Å².